The van der Waals surface area contributed by atoms with Crippen molar-refractivity contribution in [2.75, 3.05) is 21.2 Å². The third kappa shape index (κ3) is 3.94. The molecule has 0 heterocycles. The van der Waals surface area contributed by atoms with E-state index in [1.165, 1.54) is 7.11 Å². The lowest BCUT2D eigenvalue weighted by Crippen LogP contribution is -2.26. The maximum absolute atomic E-state index is 13.0. The van der Waals surface area contributed by atoms with Crippen LogP contribution in [0, 0.1) is 0 Å². The second-order valence-corrected chi connectivity index (χ2v) is 6.30. The van der Waals surface area contributed by atoms with Crippen molar-refractivity contribution in [1.29, 1.82) is 0 Å². The highest BCUT2D eigenvalue weighted by Gasteiger charge is 2.26. The van der Waals surface area contributed by atoms with Gasteiger partial charge in [-0.1, -0.05) is 60.7 Å². The molecule has 2 rings (SSSR count). The van der Waals surface area contributed by atoms with Gasteiger partial charge in [0, 0.05) is 30.8 Å². The van der Waals surface area contributed by atoms with Crippen LogP contribution < -0.4 is 0 Å². The van der Waals surface area contributed by atoms with Gasteiger partial charge in [-0.2, -0.15) is 0 Å². The molecule has 1 atom stereocenters. The molecule has 0 spiro atoms. The van der Waals surface area contributed by atoms with E-state index in [2.05, 4.69) is 0 Å². The molecule has 0 amide bonds. The van der Waals surface area contributed by atoms with Crippen LogP contribution in [0.25, 0.3) is 0 Å². The van der Waals surface area contributed by atoms with Crippen LogP contribution in [-0.4, -0.2) is 42.8 Å². The van der Waals surface area contributed by atoms with E-state index < -0.39 is 5.92 Å². The number of ether oxygens (including phenoxy) is 1. The first kappa shape index (κ1) is 18.8. The van der Waals surface area contributed by atoms with E-state index in [-0.39, 0.29) is 11.8 Å². The topological polar surface area (TPSA) is 46.6 Å². The number of esters is 1. The molecule has 0 aliphatic carbocycles. The van der Waals surface area contributed by atoms with Crippen LogP contribution >= 0.6 is 12.2 Å². The van der Waals surface area contributed by atoms with Gasteiger partial charge >= 0.3 is 5.97 Å². The molecule has 0 aliphatic rings. The lowest BCUT2D eigenvalue weighted by Gasteiger charge is -2.22. The molecular weight excluding hydrogens is 334 g/mol. The number of nitrogens with zero attached hydrogens (tertiary/aromatic N) is 1. The molecule has 0 bridgehead atoms. The Morgan fingerprint density at radius 2 is 1.68 bits per heavy atom. The van der Waals surface area contributed by atoms with Gasteiger partial charge in [0.15, 0.2) is 5.78 Å². The standard InChI is InChI=1S/C20H21NO3S/c1-13(20(23)24-4)15-11-8-12-16(17(15)19(25)21(2)3)18(22)14-9-6-5-7-10-14/h5-13H,1-4H3. The summed E-state index contributed by atoms with van der Waals surface area (Å²) < 4.78 is 4.87. The molecule has 25 heavy (non-hydrogen) atoms. The zero-order valence-corrected chi connectivity index (χ0v) is 15.6. The normalized spacial score (nSPS) is 11.5. The fourth-order valence-electron chi connectivity index (χ4n) is 2.63. The quantitative estimate of drug-likeness (QED) is 0.467. The summed E-state index contributed by atoms with van der Waals surface area (Å²) in [5.41, 5.74) is 2.35. The lowest BCUT2D eigenvalue weighted by molar-refractivity contribution is -0.142. The fraction of sp³-hybridized carbons (Fsp3) is 0.250. The van der Waals surface area contributed by atoms with Gasteiger partial charge in [-0.25, -0.2) is 0 Å². The molecule has 0 fully saturated rings. The van der Waals surface area contributed by atoms with Crippen LogP contribution in [0.15, 0.2) is 48.5 Å². The molecule has 2 aromatic carbocycles. The summed E-state index contributed by atoms with van der Waals surface area (Å²) in [5, 5.41) is 0. The smallest absolute Gasteiger partial charge is 0.312 e. The highest BCUT2D eigenvalue weighted by molar-refractivity contribution is 7.80. The van der Waals surface area contributed by atoms with Gasteiger partial charge < -0.3 is 9.64 Å². The number of rotatable bonds is 5. The first-order valence-electron chi connectivity index (χ1n) is 7.90. The van der Waals surface area contributed by atoms with Crippen molar-refractivity contribution in [2.45, 2.75) is 12.8 Å². The van der Waals surface area contributed by atoms with E-state index in [0.29, 0.717) is 27.2 Å². The van der Waals surface area contributed by atoms with E-state index in [9.17, 15) is 9.59 Å². The monoisotopic (exact) mass is 355 g/mol. The third-order valence-electron chi connectivity index (χ3n) is 4.02. The first-order chi connectivity index (χ1) is 11.9. The average Bonchev–Trinajstić information content (AvgIpc) is 2.65. The molecule has 0 saturated heterocycles. The van der Waals surface area contributed by atoms with E-state index >= 15 is 0 Å². The van der Waals surface area contributed by atoms with Gasteiger partial charge in [0.2, 0.25) is 0 Å². The summed E-state index contributed by atoms with van der Waals surface area (Å²) in [7, 11) is 4.99. The summed E-state index contributed by atoms with van der Waals surface area (Å²) in [6.07, 6.45) is 0. The minimum absolute atomic E-state index is 0.126. The minimum Gasteiger partial charge on any atom is -0.469 e. The molecule has 1 unspecified atom stereocenters. The number of hydrogen-bond donors (Lipinski definition) is 0. The molecule has 0 aliphatic heterocycles. The molecule has 0 radical (unpaired) electrons. The van der Waals surface area contributed by atoms with Crippen molar-refractivity contribution in [2.24, 2.45) is 0 Å². The van der Waals surface area contributed by atoms with Gasteiger partial charge in [-0.15, -0.1) is 0 Å². The zero-order valence-electron chi connectivity index (χ0n) is 14.8. The van der Waals surface area contributed by atoms with Gasteiger partial charge in [-0.3, -0.25) is 9.59 Å². The van der Waals surface area contributed by atoms with Crippen LogP contribution in [0.4, 0.5) is 0 Å². The average molecular weight is 355 g/mol. The van der Waals surface area contributed by atoms with Gasteiger partial charge in [0.1, 0.15) is 4.99 Å². The van der Waals surface area contributed by atoms with E-state index in [1.54, 1.807) is 36.1 Å². The van der Waals surface area contributed by atoms with Crippen LogP contribution in [-0.2, 0) is 9.53 Å². The van der Waals surface area contributed by atoms with Crippen molar-refractivity contribution in [1.82, 2.24) is 4.90 Å². The van der Waals surface area contributed by atoms with E-state index in [4.69, 9.17) is 17.0 Å². The SMILES string of the molecule is COC(=O)C(C)c1cccc(C(=O)c2ccccc2)c1C(=S)N(C)C. The highest BCUT2D eigenvalue weighted by Crippen LogP contribution is 2.27. The number of ketones is 1. The molecular formula is C20H21NO3S. The summed E-state index contributed by atoms with van der Waals surface area (Å²) in [4.78, 5) is 27.3. The molecule has 4 nitrogen and oxygen atoms in total. The van der Waals surface area contributed by atoms with E-state index in [1.807, 2.05) is 38.4 Å². The summed E-state index contributed by atoms with van der Waals surface area (Å²) in [5.74, 6) is -1.02. The fourth-order valence-corrected chi connectivity index (χ4v) is 2.86. The van der Waals surface area contributed by atoms with Crippen LogP contribution in [0.1, 0.15) is 39.9 Å². The highest BCUT2D eigenvalue weighted by atomic mass is 32.1. The van der Waals surface area contributed by atoms with Crippen LogP contribution in [0.2, 0.25) is 0 Å². The number of carbonyl (C=O) groups is 2. The Hall–Kier alpha value is -2.53. The van der Waals surface area contributed by atoms with Crippen molar-refractivity contribution >= 4 is 29.0 Å². The van der Waals surface area contributed by atoms with Crippen LogP contribution in [0.5, 0.6) is 0 Å². The minimum atomic E-state index is -0.526. The Bertz CT molecular complexity index is 800. The number of benzene rings is 2. The Morgan fingerprint density at radius 3 is 2.24 bits per heavy atom. The van der Waals surface area contributed by atoms with Gasteiger partial charge in [0.05, 0.1) is 13.0 Å². The van der Waals surface area contributed by atoms with Crippen LogP contribution in [0.3, 0.4) is 0 Å². The summed E-state index contributed by atoms with van der Waals surface area (Å²) in [6, 6.07) is 14.4. The Labute approximate surface area is 153 Å². The molecule has 0 saturated carbocycles. The molecule has 0 N–H and O–H groups in total. The third-order valence-corrected chi connectivity index (χ3v) is 4.59. The predicted molar refractivity (Wildman–Crippen MR) is 102 cm³/mol. The molecule has 2 aromatic rings. The van der Waals surface area contributed by atoms with Crippen molar-refractivity contribution in [3.63, 3.8) is 0 Å². The first-order valence-corrected chi connectivity index (χ1v) is 8.31. The maximum Gasteiger partial charge on any atom is 0.312 e. The molecule has 130 valence electrons. The second kappa shape index (κ2) is 8.03. The largest absolute Gasteiger partial charge is 0.469 e. The number of thiocarbonyl (C=S) groups is 1. The maximum atomic E-state index is 13.0. The Morgan fingerprint density at radius 1 is 1.04 bits per heavy atom. The molecule has 0 aromatic heterocycles. The zero-order chi connectivity index (χ0) is 18.6. The van der Waals surface area contributed by atoms with Crippen molar-refractivity contribution < 1.29 is 14.3 Å². The Balaban J connectivity index is 2.66. The Kier molecular flexibility index (Phi) is 6.04. The lowest BCUT2D eigenvalue weighted by atomic mass is 9.88. The molecule has 5 heteroatoms. The number of carbonyl (C=O) groups excluding carboxylic acids is 2. The predicted octanol–water partition coefficient (Wildman–Crippen LogP) is 3.43. The number of methoxy groups -OCH3 is 1. The van der Waals surface area contributed by atoms with Crippen molar-refractivity contribution in [3.05, 3.63) is 70.8 Å². The second-order valence-electron chi connectivity index (χ2n) is 5.91. The summed E-state index contributed by atoms with van der Waals surface area (Å²) >= 11 is 5.55. The van der Waals surface area contributed by atoms with E-state index in [0.717, 1.165) is 0 Å². The van der Waals surface area contributed by atoms with Gasteiger partial charge in [0.25, 0.3) is 0 Å². The number of hydrogen-bond acceptors (Lipinski definition) is 4. The summed E-state index contributed by atoms with van der Waals surface area (Å²) in [6.45, 7) is 1.75. The van der Waals surface area contributed by atoms with Gasteiger partial charge in [-0.05, 0) is 12.5 Å². The van der Waals surface area contributed by atoms with Crippen molar-refractivity contribution in [3.8, 4) is 0 Å².